The van der Waals surface area contributed by atoms with Crippen LogP contribution in [0.25, 0.3) is 22.2 Å². The lowest BCUT2D eigenvalue weighted by molar-refractivity contribution is 0.597. The van der Waals surface area contributed by atoms with Gasteiger partial charge in [-0.2, -0.15) is 9.78 Å². The summed E-state index contributed by atoms with van der Waals surface area (Å²) in [6.07, 6.45) is 1.61. The Morgan fingerprint density at radius 2 is 1.50 bits per heavy atom. The molecule has 158 valence electrons. The maximum absolute atomic E-state index is 13.6. The molecule has 2 aromatic heterocycles. The molecule has 0 saturated carbocycles. The van der Waals surface area contributed by atoms with Gasteiger partial charge in [0.2, 0.25) is 9.84 Å². The number of sulfone groups is 1. The van der Waals surface area contributed by atoms with Crippen LogP contribution < -0.4 is 5.73 Å². The van der Waals surface area contributed by atoms with Crippen molar-refractivity contribution < 1.29 is 8.42 Å². The first kappa shape index (κ1) is 19.9. The van der Waals surface area contributed by atoms with Gasteiger partial charge < -0.3 is 5.73 Å². The number of nitrogens with two attached hydrogens (primary N) is 1. The minimum Gasteiger partial charge on any atom is -0.382 e. The maximum Gasteiger partial charge on any atom is 0.212 e. The van der Waals surface area contributed by atoms with Crippen LogP contribution in [0.15, 0.2) is 93.8 Å². The molecule has 0 atom stereocenters. The smallest absolute Gasteiger partial charge is 0.212 e. The van der Waals surface area contributed by atoms with Crippen molar-refractivity contribution in [2.45, 2.75) is 16.7 Å². The Morgan fingerprint density at radius 3 is 2.19 bits per heavy atom. The van der Waals surface area contributed by atoms with Crippen LogP contribution in [-0.2, 0) is 9.84 Å². The van der Waals surface area contributed by atoms with Crippen LogP contribution in [0.2, 0.25) is 0 Å². The molecule has 0 fully saturated rings. The standard InChI is InChI=1S/C24H19N5O2S/c1-16-11-13-18(14-12-16)32(30,31)22-21-24(28-20-10-6-5-9-19(20)27-21)29(23(22)25)26-15-17-7-3-2-4-8-17/h2-15H,25H2,1H3/b26-15-. The molecule has 8 heteroatoms. The minimum atomic E-state index is -3.97. The number of rotatable bonds is 4. The van der Waals surface area contributed by atoms with Crippen LogP contribution in [0, 0.1) is 6.92 Å². The van der Waals surface area contributed by atoms with E-state index in [0.717, 1.165) is 11.1 Å². The second-order valence-corrected chi connectivity index (χ2v) is 9.27. The summed E-state index contributed by atoms with van der Waals surface area (Å²) in [5.41, 5.74) is 9.84. The van der Waals surface area contributed by atoms with Crippen LogP contribution in [0.4, 0.5) is 5.82 Å². The van der Waals surface area contributed by atoms with Gasteiger partial charge in [0.1, 0.15) is 16.2 Å². The van der Waals surface area contributed by atoms with Crippen LogP contribution in [0.3, 0.4) is 0 Å². The Bertz CT molecular complexity index is 1590. The zero-order valence-corrected chi connectivity index (χ0v) is 18.0. The number of hydrogen-bond donors (Lipinski definition) is 1. The summed E-state index contributed by atoms with van der Waals surface area (Å²) in [4.78, 5) is 9.28. The molecule has 3 aromatic carbocycles. The van der Waals surface area contributed by atoms with Gasteiger partial charge in [0.25, 0.3) is 0 Å². The zero-order chi connectivity index (χ0) is 22.3. The van der Waals surface area contributed by atoms with E-state index >= 15 is 0 Å². The molecule has 0 unspecified atom stereocenters. The molecule has 0 saturated heterocycles. The highest BCUT2D eigenvalue weighted by Crippen LogP contribution is 2.35. The third-order valence-corrected chi connectivity index (χ3v) is 6.98. The van der Waals surface area contributed by atoms with Gasteiger partial charge in [0.15, 0.2) is 5.65 Å². The zero-order valence-electron chi connectivity index (χ0n) is 17.2. The molecule has 2 N–H and O–H groups in total. The summed E-state index contributed by atoms with van der Waals surface area (Å²) in [5, 5.41) is 4.45. The molecular weight excluding hydrogens is 422 g/mol. The highest BCUT2D eigenvalue weighted by Gasteiger charge is 2.30. The maximum atomic E-state index is 13.6. The van der Waals surface area contributed by atoms with Gasteiger partial charge >= 0.3 is 0 Å². The topological polar surface area (TPSA) is 103 Å². The van der Waals surface area contributed by atoms with E-state index in [1.165, 1.54) is 4.68 Å². The molecule has 0 radical (unpaired) electrons. The van der Waals surface area contributed by atoms with Crippen molar-refractivity contribution in [1.82, 2.24) is 14.6 Å². The SMILES string of the molecule is Cc1ccc(S(=O)(=O)c2c(N)n(/N=C\c3ccccc3)c3nc4ccccc4nc23)cc1. The fourth-order valence-corrected chi connectivity index (χ4v) is 4.99. The number of aromatic nitrogens is 3. The normalized spacial score (nSPS) is 12.2. The Hall–Kier alpha value is -4.04. The molecule has 5 rings (SSSR count). The summed E-state index contributed by atoms with van der Waals surface area (Å²) in [6.45, 7) is 1.90. The van der Waals surface area contributed by atoms with Crippen molar-refractivity contribution in [2.24, 2.45) is 5.10 Å². The first-order valence-electron chi connectivity index (χ1n) is 9.93. The number of nitrogen functional groups attached to an aromatic ring is 1. The van der Waals surface area contributed by atoms with Crippen LogP contribution in [0.5, 0.6) is 0 Å². The molecule has 7 nitrogen and oxygen atoms in total. The average Bonchev–Trinajstić information content (AvgIpc) is 3.07. The molecule has 0 aliphatic rings. The minimum absolute atomic E-state index is 0.0388. The number of nitrogens with zero attached hydrogens (tertiary/aromatic N) is 4. The lowest BCUT2D eigenvalue weighted by Crippen LogP contribution is -2.06. The van der Waals surface area contributed by atoms with Gasteiger partial charge in [0.05, 0.1) is 22.1 Å². The first-order valence-corrected chi connectivity index (χ1v) is 11.4. The van der Waals surface area contributed by atoms with E-state index in [1.807, 2.05) is 55.5 Å². The Morgan fingerprint density at radius 1 is 0.875 bits per heavy atom. The van der Waals surface area contributed by atoms with Crippen molar-refractivity contribution in [1.29, 1.82) is 0 Å². The predicted molar refractivity (Wildman–Crippen MR) is 126 cm³/mol. The van der Waals surface area contributed by atoms with Crippen LogP contribution >= 0.6 is 0 Å². The second kappa shape index (κ2) is 7.58. The van der Waals surface area contributed by atoms with E-state index in [-0.39, 0.29) is 26.8 Å². The Balaban J connectivity index is 1.81. The van der Waals surface area contributed by atoms with E-state index in [2.05, 4.69) is 15.1 Å². The predicted octanol–water partition coefficient (Wildman–Crippen LogP) is 4.19. The van der Waals surface area contributed by atoms with Gasteiger partial charge in [0, 0.05) is 0 Å². The number of aryl methyl sites for hydroxylation is 1. The first-order chi connectivity index (χ1) is 15.4. The molecular formula is C24H19N5O2S. The lowest BCUT2D eigenvalue weighted by Gasteiger charge is -2.05. The number of benzene rings is 3. The molecule has 0 bridgehead atoms. The highest BCUT2D eigenvalue weighted by atomic mass is 32.2. The van der Waals surface area contributed by atoms with Crippen LogP contribution in [0.1, 0.15) is 11.1 Å². The number of fused-ring (bicyclic) bond motifs is 2. The van der Waals surface area contributed by atoms with E-state index in [1.54, 1.807) is 36.5 Å². The van der Waals surface area contributed by atoms with Crippen LogP contribution in [-0.4, -0.2) is 29.3 Å². The summed E-state index contributed by atoms with van der Waals surface area (Å²) in [7, 11) is -3.97. The average molecular weight is 442 g/mol. The van der Waals surface area contributed by atoms with E-state index in [9.17, 15) is 8.42 Å². The number of para-hydroxylation sites is 2. The molecule has 0 amide bonds. The van der Waals surface area contributed by atoms with Gasteiger partial charge in [-0.05, 0) is 36.8 Å². The van der Waals surface area contributed by atoms with E-state index < -0.39 is 9.84 Å². The number of anilines is 1. The fraction of sp³-hybridized carbons (Fsp3) is 0.0417. The van der Waals surface area contributed by atoms with Gasteiger partial charge in [-0.25, -0.2) is 18.4 Å². The summed E-state index contributed by atoms with van der Waals surface area (Å²) in [6, 6.07) is 23.3. The third-order valence-electron chi connectivity index (χ3n) is 5.15. The Labute approximate surface area is 184 Å². The van der Waals surface area contributed by atoms with Crippen molar-refractivity contribution in [3.8, 4) is 0 Å². The monoisotopic (exact) mass is 441 g/mol. The van der Waals surface area contributed by atoms with Gasteiger partial charge in [-0.3, -0.25) is 0 Å². The molecule has 2 heterocycles. The molecule has 32 heavy (non-hydrogen) atoms. The number of hydrogen-bond acceptors (Lipinski definition) is 6. The summed E-state index contributed by atoms with van der Waals surface area (Å²) >= 11 is 0. The molecule has 0 aliphatic carbocycles. The van der Waals surface area contributed by atoms with Crippen molar-refractivity contribution >= 4 is 44.1 Å². The van der Waals surface area contributed by atoms with Crippen molar-refractivity contribution in [3.05, 3.63) is 90.0 Å². The van der Waals surface area contributed by atoms with Crippen molar-refractivity contribution in [3.63, 3.8) is 0 Å². The quantitative estimate of drug-likeness (QED) is 0.421. The van der Waals surface area contributed by atoms with Gasteiger partial charge in [-0.1, -0.05) is 60.2 Å². The largest absolute Gasteiger partial charge is 0.382 e. The lowest BCUT2D eigenvalue weighted by atomic mass is 10.2. The second-order valence-electron chi connectivity index (χ2n) is 7.38. The molecule has 0 spiro atoms. The van der Waals surface area contributed by atoms with Gasteiger partial charge in [-0.15, -0.1) is 0 Å². The fourth-order valence-electron chi connectivity index (χ4n) is 3.50. The van der Waals surface area contributed by atoms with E-state index in [0.29, 0.717) is 11.0 Å². The third kappa shape index (κ3) is 3.30. The Kier molecular flexibility index (Phi) is 4.71. The molecule has 0 aliphatic heterocycles. The molecule has 5 aromatic rings. The highest BCUT2D eigenvalue weighted by molar-refractivity contribution is 7.92. The summed E-state index contributed by atoms with van der Waals surface area (Å²) in [5.74, 6) is -0.0388. The van der Waals surface area contributed by atoms with E-state index in [4.69, 9.17) is 5.73 Å². The summed E-state index contributed by atoms with van der Waals surface area (Å²) < 4.78 is 28.5. The van der Waals surface area contributed by atoms with Crippen molar-refractivity contribution in [2.75, 3.05) is 5.73 Å².